The zero-order valence-corrected chi connectivity index (χ0v) is 16.9. The number of halogens is 1. The molecule has 2 N–H and O–H groups in total. The molecule has 0 bridgehead atoms. The van der Waals surface area contributed by atoms with E-state index in [0.717, 1.165) is 29.6 Å². The van der Waals surface area contributed by atoms with Crippen LogP contribution in [0.1, 0.15) is 12.5 Å². The van der Waals surface area contributed by atoms with Crippen LogP contribution in [0.3, 0.4) is 0 Å². The number of para-hydroxylation sites is 1. The minimum Gasteiger partial charge on any atom is -0.496 e. The molecule has 2 rings (SSSR count). The van der Waals surface area contributed by atoms with E-state index in [9.17, 15) is 0 Å². The van der Waals surface area contributed by atoms with Crippen molar-refractivity contribution in [3.63, 3.8) is 0 Å². The first kappa shape index (κ1) is 21.0. The first-order valence-electron chi connectivity index (χ1n) is 8.00. The third-order valence-corrected chi connectivity index (χ3v) is 3.24. The van der Waals surface area contributed by atoms with Gasteiger partial charge in [0.1, 0.15) is 18.1 Å². The minimum atomic E-state index is 0. The normalized spacial score (nSPS) is 10.6. The predicted octanol–water partition coefficient (Wildman–Crippen LogP) is 2.84. The van der Waals surface area contributed by atoms with Crippen LogP contribution in [0.15, 0.2) is 53.8 Å². The van der Waals surface area contributed by atoms with Crippen molar-refractivity contribution in [1.29, 1.82) is 0 Å². The zero-order valence-electron chi connectivity index (χ0n) is 14.6. The number of benzene rings is 1. The number of aromatic nitrogens is 1. The summed E-state index contributed by atoms with van der Waals surface area (Å²) in [5, 5.41) is 6.47. The van der Waals surface area contributed by atoms with Crippen molar-refractivity contribution in [2.24, 2.45) is 4.99 Å². The Kier molecular flexibility index (Phi) is 10.4. The number of hydrogen-bond donors (Lipinski definition) is 2. The molecule has 0 fully saturated rings. The lowest BCUT2D eigenvalue weighted by Gasteiger charge is -2.12. The summed E-state index contributed by atoms with van der Waals surface area (Å²) in [7, 11) is 1.67. The van der Waals surface area contributed by atoms with Gasteiger partial charge in [0.15, 0.2) is 5.96 Å². The summed E-state index contributed by atoms with van der Waals surface area (Å²) in [5.74, 6) is 2.35. The third kappa shape index (κ3) is 7.59. The summed E-state index contributed by atoms with van der Waals surface area (Å²) < 4.78 is 11.0. The zero-order chi connectivity index (χ0) is 17.0. The molecule has 0 unspecified atom stereocenters. The van der Waals surface area contributed by atoms with Crippen LogP contribution in [0.25, 0.3) is 0 Å². The van der Waals surface area contributed by atoms with Gasteiger partial charge in [-0.2, -0.15) is 0 Å². The Hall–Kier alpha value is -2.03. The first-order valence-corrected chi connectivity index (χ1v) is 8.00. The molecule has 6 nitrogen and oxygen atoms in total. The van der Waals surface area contributed by atoms with Crippen molar-refractivity contribution < 1.29 is 9.47 Å². The maximum atomic E-state index is 5.61. The highest BCUT2D eigenvalue weighted by atomic mass is 127. The fraction of sp³-hybridized carbons (Fsp3) is 0.333. The lowest BCUT2D eigenvalue weighted by atomic mass is 10.2. The molecule has 0 aliphatic rings. The molecule has 1 heterocycles. The molecule has 0 radical (unpaired) electrons. The Morgan fingerprint density at radius 2 is 2.00 bits per heavy atom. The summed E-state index contributed by atoms with van der Waals surface area (Å²) in [6.07, 6.45) is 3.42. The monoisotopic (exact) mass is 456 g/mol. The van der Waals surface area contributed by atoms with E-state index in [0.29, 0.717) is 19.7 Å². The molecule has 0 amide bonds. The Labute approximate surface area is 166 Å². The number of aliphatic imine (C=N–C) groups is 1. The van der Waals surface area contributed by atoms with Crippen molar-refractivity contribution in [2.75, 3.05) is 26.8 Å². The molecular formula is C18H25IN4O2. The SMILES string of the molecule is CCNC(=NCc1ccccc1OC)NCCOc1cccnc1.I. The molecule has 25 heavy (non-hydrogen) atoms. The summed E-state index contributed by atoms with van der Waals surface area (Å²) in [5.41, 5.74) is 1.05. The molecule has 0 saturated heterocycles. The lowest BCUT2D eigenvalue weighted by molar-refractivity contribution is 0.320. The Morgan fingerprint density at radius 1 is 1.16 bits per heavy atom. The van der Waals surface area contributed by atoms with E-state index in [1.807, 2.05) is 43.3 Å². The van der Waals surface area contributed by atoms with Crippen molar-refractivity contribution in [2.45, 2.75) is 13.5 Å². The van der Waals surface area contributed by atoms with Crippen LogP contribution in [-0.4, -0.2) is 37.7 Å². The minimum absolute atomic E-state index is 0. The van der Waals surface area contributed by atoms with Gasteiger partial charge < -0.3 is 20.1 Å². The number of pyridine rings is 1. The van der Waals surface area contributed by atoms with E-state index in [2.05, 4.69) is 20.6 Å². The topological polar surface area (TPSA) is 67.8 Å². The molecular weight excluding hydrogens is 431 g/mol. The van der Waals surface area contributed by atoms with Gasteiger partial charge in [0.25, 0.3) is 0 Å². The van der Waals surface area contributed by atoms with Gasteiger partial charge >= 0.3 is 0 Å². The van der Waals surface area contributed by atoms with E-state index in [1.165, 1.54) is 0 Å². The van der Waals surface area contributed by atoms with Crippen molar-refractivity contribution >= 4 is 29.9 Å². The largest absolute Gasteiger partial charge is 0.496 e. The molecule has 136 valence electrons. The number of nitrogens with zero attached hydrogens (tertiary/aromatic N) is 2. The average Bonchev–Trinajstić information content (AvgIpc) is 2.64. The first-order chi connectivity index (χ1) is 11.8. The second kappa shape index (κ2) is 12.3. The van der Waals surface area contributed by atoms with E-state index in [-0.39, 0.29) is 24.0 Å². The van der Waals surface area contributed by atoms with Gasteiger partial charge in [0.05, 0.1) is 26.4 Å². The Morgan fingerprint density at radius 3 is 2.72 bits per heavy atom. The van der Waals surface area contributed by atoms with Gasteiger partial charge in [-0.3, -0.25) is 4.98 Å². The van der Waals surface area contributed by atoms with Crippen LogP contribution in [-0.2, 0) is 6.54 Å². The molecule has 1 aromatic heterocycles. The van der Waals surface area contributed by atoms with Crippen molar-refractivity contribution in [3.05, 3.63) is 54.4 Å². The molecule has 0 spiro atoms. The van der Waals surface area contributed by atoms with Gasteiger partial charge in [0, 0.05) is 18.3 Å². The van der Waals surface area contributed by atoms with E-state index < -0.39 is 0 Å². The van der Waals surface area contributed by atoms with E-state index in [1.54, 1.807) is 19.5 Å². The van der Waals surface area contributed by atoms with Crippen molar-refractivity contribution in [1.82, 2.24) is 15.6 Å². The number of hydrogen-bond acceptors (Lipinski definition) is 4. The highest BCUT2D eigenvalue weighted by molar-refractivity contribution is 14.0. The van der Waals surface area contributed by atoms with E-state index >= 15 is 0 Å². The predicted molar refractivity (Wildman–Crippen MR) is 111 cm³/mol. The number of ether oxygens (including phenoxy) is 2. The second-order valence-electron chi connectivity index (χ2n) is 4.97. The lowest BCUT2D eigenvalue weighted by Crippen LogP contribution is -2.39. The molecule has 2 aromatic rings. The van der Waals surface area contributed by atoms with Gasteiger partial charge in [-0.1, -0.05) is 18.2 Å². The fourth-order valence-electron chi connectivity index (χ4n) is 2.11. The summed E-state index contributed by atoms with van der Waals surface area (Å²) in [6.45, 7) is 4.55. The number of rotatable bonds is 8. The number of nitrogens with one attached hydrogen (secondary N) is 2. The Balaban J connectivity index is 0.00000312. The molecule has 1 aromatic carbocycles. The average molecular weight is 456 g/mol. The quantitative estimate of drug-likeness (QED) is 0.277. The van der Waals surface area contributed by atoms with Crippen LogP contribution in [0, 0.1) is 0 Å². The summed E-state index contributed by atoms with van der Waals surface area (Å²) >= 11 is 0. The van der Waals surface area contributed by atoms with E-state index in [4.69, 9.17) is 9.47 Å². The molecule has 0 aliphatic carbocycles. The number of guanidine groups is 1. The molecule has 0 aliphatic heterocycles. The third-order valence-electron chi connectivity index (χ3n) is 3.24. The van der Waals surface area contributed by atoms with Gasteiger partial charge in [-0.15, -0.1) is 24.0 Å². The van der Waals surface area contributed by atoms with Gasteiger partial charge in [-0.25, -0.2) is 4.99 Å². The standard InChI is InChI=1S/C18H24N4O2.HI/c1-3-20-18(21-11-12-24-16-8-6-10-19-14-16)22-13-15-7-4-5-9-17(15)23-2;/h4-10,14H,3,11-13H2,1-2H3,(H2,20,21,22);1H. The smallest absolute Gasteiger partial charge is 0.191 e. The molecule has 0 saturated carbocycles. The van der Waals surface area contributed by atoms with Crippen LogP contribution in [0.5, 0.6) is 11.5 Å². The Bertz CT molecular complexity index is 638. The molecule has 7 heteroatoms. The second-order valence-corrected chi connectivity index (χ2v) is 4.97. The maximum absolute atomic E-state index is 5.61. The maximum Gasteiger partial charge on any atom is 0.191 e. The highest BCUT2D eigenvalue weighted by Crippen LogP contribution is 2.17. The fourth-order valence-corrected chi connectivity index (χ4v) is 2.11. The number of methoxy groups -OCH3 is 1. The van der Waals surface area contributed by atoms with Crippen LogP contribution in [0.2, 0.25) is 0 Å². The highest BCUT2D eigenvalue weighted by Gasteiger charge is 2.02. The van der Waals surface area contributed by atoms with Crippen molar-refractivity contribution in [3.8, 4) is 11.5 Å². The van der Waals surface area contributed by atoms with Gasteiger partial charge in [-0.05, 0) is 25.1 Å². The van der Waals surface area contributed by atoms with Crippen LogP contribution in [0.4, 0.5) is 0 Å². The summed E-state index contributed by atoms with van der Waals surface area (Å²) in [6, 6.07) is 11.6. The molecule has 0 atom stereocenters. The van der Waals surface area contributed by atoms with Crippen LogP contribution < -0.4 is 20.1 Å². The van der Waals surface area contributed by atoms with Crippen LogP contribution >= 0.6 is 24.0 Å². The van der Waals surface area contributed by atoms with Gasteiger partial charge in [0.2, 0.25) is 0 Å². The summed E-state index contributed by atoms with van der Waals surface area (Å²) in [4.78, 5) is 8.60.